The van der Waals surface area contributed by atoms with Gasteiger partial charge in [-0.05, 0) is 37.6 Å². The number of fused-ring (bicyclic) bond motifs is 1. The minimum atomic E-state index is -0.0759. The van der Waals surface area contributed by atoms with Crippen LogP contribution in [-0.4, -0.2) is 55.2 Å². The van der Waals surface area contributed by atoms with Crippen LogP contribution in [0.1, 0.15) is 12.0 Å². The van der Waals surface area contributed by atoms with Crippen molar-refractivity contribution in [1.29, 1.82) is 0 Å². The molecule has 1 fully saturated rings. The van der Waals surface area contributed by atoms with E-state index in [2.05, 4.69) is 33.4 Å². The number of H-pyrrole nitrogens is 1. The minimum Gasteiger partial charge on any atom is -0.380 e. The van der Waals surface area contributed by atoms with E-state index in [-0.39, 0.29) is 18.1 Å². The SMILES string of the molecule is CO[C@H]1C[C@@H](C(=O)NCCc2cccc3[nH]ccc23)N(C)C1. The monoisotopic (exact) mass is 301 g/mol. The molecular formula is C17H23N3O2. The molecule has 0 saturated carbocycles. The number of carbonyl (C=O) groups is 1. The number of aromatic amines is 1. The van der Waals surface area contributed by atoms with Crippen LogP contribution in [0.4, 0.5) is 0 Å². The number of nitrogens with zero attached hydrogens (tertiary/aromatic N) is 1. The molecule has 1 aromatic carbocycles. The number of likely N-dealkylation sites (tertiary alicyclic amines) is 1. The van der Waals surface area contributed by atoms with E-state index in [1.165, 1.54) is 10.9 Å². The molecule has 2 atom stereocenters. The fourth-order valence-corrected chi connectivity index (χ4v) is 3.24. The Morgan fingerprint density at radius 1 is 1.45 bits per heavy atom. The molecule has 2 N–H and O–H groups in total. The van der Waals surface area contributed by atoms with Crippen LogP contribution in [0.3, 0.4) is 0 Å². The first-order valence-electron chi connectivity index (χ1n) is 7.74. The van der Waals surface area contributed by atoms with Crippen molar-refractivity contribution in [3.63, 3.8) is 0 Å². The van der Waals surface area contributed by atoms with Crippen molar-refractivity contribution in [3.05, 3.63) is 36.0 Å². The summed E-state index contributed by atoms with van der Waals surface area (Å²) in [6.45, 7) is 1.47. The highest BCUT2D eigenvalue weighted by molar-refractivity contribution is 5.83. The van der Waals surface area contributed by atoms with Gasteiger partial charge in [0, 0.05) is 37.3 Å². The van der Waals surface area contributed by atoms with Gasteiger partial charge in [0.15, 0.2) is 0 Å². The Bertz CT molecular complexity index is 652. The number of rotatable bonds is 5. The zero-order chi connectivity index (χ0) is 15.5. The molecule has 3 rings (SSSR count). The van der Waals surface area contributed by atoms with E-state index in [1.807, 2.05) is 19.3 Å². The van der Waals surface area contributed by atoms with Crippen LogP contribution in [0.25, 0.3) is 10.9 Å². The molecule has 1 aliphatic rings. The van der Waals surface area contributed by atoms with Crippen LogP contribution < -0.4 is 5.32 Å². The number of methoxy groups -OCH3 is 1. The molecule has 0 spiro atoms. The maximum absolute atomic E-state index is 12.3. The Morgan fingerprint density at radius 3 is 3.09 bits per heavy atom. The van der Waals surface area contributed by atoms with Gasteiger partial charge in [-0.3, -0.25) is 9.69 Å². The summed E-state index contributed by atoms with van der Waals surface area (Å²) in [5, 5.41) is 4.29. The van der Waals surface area contributed by atoms with Gasteiger partial charge in [-0.25, -0.2) is 0 Å². The third-order valence-electron chi connectivity index (χ3n) is 4.52. The second-order valence-electron chi connectivity index (χ2n) is 5.95. The van der Waals surface area contributed by atoms with Gasteiger partial charge in [-0.15, -0.1) is 0 Å². The molecule has 118 valence electrons. The lowest BCUT2D eigenvalue weighted by atomic mass is 10.1. The largest absolute Gasteiger partial charge is 0.380 e. The summed E-state index contributed by atoms with van der Waals surface area (Å²) in [5.41, 5.74) is 2.40. The number of nitrogens with one attached hydrogen (secondary N) is 2. The molecule has 22 heavy (non-hydrogen) atoms. The summed E-state index contributed by atoms with van der Waals surface area (Å²) in [7, 11) is 3.68. The van der Waals surface area contributed by atoms with Crippen molar-refractivity contribution >= 4 is 16.8 Å². The highest BCUT2D eigenvalue weighted by atomic mass is 16.5. The summed E-state index contributed by atoms with van der Waals surface area (Å²) in [5.74, 6) is 0.100. The Kier molecular flexibility index (Phi) is 4.45. The summed E-state index contributed by atoms with van der Waals surface area (Å²) < 4.78 is 5.35. The number of likely N-dealkylation sites (N-methyl/N-ethyl adjacent to an activating group) is 1. The van der Waals surface area contributed by atoms with Crippen LogP contribution in [0, 0.1) is 0 Å². The van der Waals surface area contributed by atoms with E-state index < -0.39 is 0 Å². The molecule has 2 heterocycles. The number of hydrogen-bond acceptors (Lipinski definition) is 3. The number of benzene rings is 1. The van der Waals surface area contributed by atoms with Crippen molar-refractivity contribution in [2.75, 3.05) is 27.2 Å². The maximum atomic E-state index is 12.3. The third-order valence-corrected chi connectivity index (χ3v) is 4.52. The lowest BCUT2D eigenvalue weighted by Gasteiger charge is -2.18. The molecule has 1 aliphatic heterocycles. The first kappa shape index (κ1) is 15.1. The van der Waals surface area contributed by atoms with E-state index in [1.54, 1.807) is 7.11 Å². The molecular weight excluding hydrogens is 278 g/mol. The fourth-order valence-electron chi connectivity index (χ4n) is 3.24. The topological polar surface area (TPSA) is 57.4 Å². The van der Waals surface area contributed by atoms with Gasteiger partial charge in [-0.2, -0.15) is 0 Å². The Labute approximate surface area is 130 Å². The molecule has 5 nitrogen and oxygen atoms in total. The highest BCUT2D eigenvalue weighted by Gasteiger charge is 2.34. The molecule has 0 unspecified atom stereocenters. The molecule has 0 aliphatic carbocycles. The van der Waals surface area contributed by atoms with Gasteiger partial charge >= 0.3 is 0 Å². The van der Waals surface area contributed by atoms with Gasteiger partial charge in [0.05, 0.1) is 12.1 Å². The van der Waals surface area contributed by atoms with Gasteiger partial charge < -0.3 is 15.0 Å². The van der Waals surface area contributed by atoms with Crippen molar-refractivity contribution in [2.24, 2.45) is 0 Å². The first-order chi connectivity index (χ1) is 10.7. The van der Waals surface area contributed by atoms with Crippen molar-refractivity contribution < 1.29 is 9.53 Å². The van der Waals surface area contributed by atoms with Crippen LogP contribution in [0.5, 0.6) is 0 Å². The lowest BCUT2D eigenvalue weighted by molar-refractivity contribution is -0.125. The van der Waals surface area contributed by atoms with Gasteiger partial charge in [0.1, 0.15) is 0 Å². The smallest absolute Gasteiger partial charge is 0.237 e. The van der Waals surface area contributed by atoms with E-state index >= 15 is 0 Å². The summed E-state index contributed by atoms with van der Waals surface area (Å²) in [6, 6.07) is 8.23. The van der Waals surface area contributed by atoms with Crippen molar-refractivity contribution in [2.45, 2.75) is 25.0 Å². The molecule has 1 saturated heterocycles. The maximum Gasteiger partial charge on any atom is 0.237 e. The van der Waals surface area contributed by atoms with Gasteiger partial charge in [0.25, 0.3) is 0 Å². The Morgan fingerprint density at radius 2 is 2.32 bits per heavy atom. The third kappa shape index (κ3) is 3.00. The quantitative estimate of drug-likeness (QED) is 0.881. The standard InChI is InChI=1S/C17H23N3O2/c1-20-11-13(22-2)10-16(20)17(21)19-8-6-12-4-3-5-15-14(12)7-9-18-15/h3-5,7,9,13,16,18H,6,8,10-11H2,1-2H3,(H,19,21)/t13-,16-/m0/s1. The van der Waals surface area contributed by atoms with Gasteiger partial charge in [0.2, 0.25) is 5.91 Å². The Balaban J connectivity index is 1.55. The first-order valence-corrected chi connectivity index (χ1v) is 7.74. The van der Waals surface area contributed by atoms with E-state index in [4.69, 9.17) is 4.74 Å². The molecule has 1 amide bonds. The van der Waals surface area contributed by atoms with Crippen molar-refractivity contribution in [3.8, 4) is 0 Å². The normalized spacial score (nSPS) is 22.3. The zero-order valence-corrected chi connectivity index (χ0v) is 13.1. The number of ether oxygens (including phenoxy) is 1. The van der Waals surface area contributed by atoms with Gasteiger partial charge in [-0.1, -0.05) is 12.1 Å². The Hall–Kier alpha value is -1.85. The second kappa shape index (κ2) is 6.50. The number of hydrogen-bond donors (Lipinski definition) is 2. The fraction of sp³-hybridized carbons (Fsp3) is 0.471. The van der Waals surface area contributed by atoms with Crippen molar-refractivity contribution in [1.82, 2.24) is 15.2 Å². The van der Waals surface area contributed by atoms with E-state index in [0.717, 1.165) is 24.9 Å². The zero-order valence-electron chi connectivity index (χ0n) is 13.1. The van der Waals surface area contributed by atoms with E-state index in [0.29, 0.717) is 6.54 Å². The molecule has 0 radical (unpaired) electrons. The van der Waals surface area contributed by atoms with Crippen LogP contribution >= 0.6 is 0 Å². The second-order valence-corrected chi connectivity index (χ2v) is 5.95. The van der Waals surface area contributed by atoms with E-state index in [9.17, 15) is 4.79 Å². The molecule has 2 aromatic rings. The van der Waals surface area contributed by atoms with Crippen LogP contribution in [0.2, 0.25) is 0 Å². The highest BCUT2D eigenvalue weighted by Crippen LogP contribution is 2.19. The molecule has 5 heteroatoms. The van der Waals surface area contributed by atoms with Crippen LogP contribution in [-0.2, 0) is 16.0 Å². The average molecular weight is 301 g/mol. The number of amides is 1. The predicted octanol–water partition coefficient (Wildman–Crippen LogP) is 1.55. The summed E-state index contributed by atoms with van der Waals surface area (Å²) >= 11 is 0. The lowest BCUT2D eigenvalue weighted by Crippen LogP contribution is -2.42. The summed E-state index contributed by atoms with van der Waals surface area (Å²) in [4.78, 5) is 17.6. The summed E-state index contributed by atoms with van der Waals surface area (Å²) in [6.07, 6.45) is 3.72. The number of aromatic nitrogens is 1. The average Bonchev–Trinajstić information content (AvgIpc) is 3.13. The molecule has 1 aromatic heterocycles. The van der Waals surface area contributed by atoms with Crippen LogP contribution in [0.15, 0.2) is 30.5 Å². The minimum absolute atomic E-state index is 0.0759. The number of carbonyl (C=O) groups excluding carboxylic acids is 1. The predicted molar refractivity (Wildman–Crippen MR) is 86.8 cm³/mol. The molecule has 0 bridgehead atoms.